The minimum atomic E-state index is 0.568. The van der Waals surface area contributed by atoms with Gasteiger partial charge in [-0.1, -0.05) is 24.9 Å². The Labute approximate surface area is 126 Å². The summed E-state index contributed by atoms with van der Waals surface area (Å²) in [6.45, 7) is 3.25. The molecule has 0 amide bonds. The van der Waals surface area contributed by atoms with Gasteiger partial charge in [-0.25, -0.2) is 9.97 Å². The molecular formula is C16H24ClN3. The molecule has 110 valence electrons. The second-order valence-corrected chi connectivity index (χ2v) is 6.92. The van der Waals surface area contributed by atoms with Crippen molar-refractivity contribution in [2.75, 3.05) is 18.5 Å². The molecule has 20 heavy (non-hydrogen) atoms. The van der Waals surface area contributed by atoms with Crippen molar-refractivity contribution in [3.05, 3.63) is 17.0 Å². The molecule has 3 nitrogen and oxygen atoms in total. The Hall–Kier alpha value is -0.830. The molecule has 1 aromatic heterocycles. The van der Waals surface area contributed by atoms with E-state index in [9.17, 15) is 0 Å². The van der Waals surface area contributed by atoms with Crippen molar-refractivity contribution in [1.82, 2.24) is 9.97 Å². The van der Waals surface area contributed by atoms with Gasteiger partial charge < -0.3 is 4.90 Å². The number of fused-ring (bicyclic) bond motifs is 2. The van der Waals surface area contributed by atoms with E-state index in [2.05, 4.69) is 28.8 Å². The SMILES string of the molecule is CCCc1nc(Cl)cc(N(C)CC2CC3CCC2C3)n1. The van der Waals surface area contributed by atoms with Crippen molar-refractivity contribution in [3.8, 4) is 0 Å². The monoisotopic (exact) mass is 293 g/mol. The van der Waals surface area contributed by atoms with Gasteiger partial charge in [-0.3, -0.25) is 0 Å². The summed E-state index contributed by atoms with van der Waals surface area (Å²) >= 11 is 6.13. The van der Waals surface area contributed by atoms with Gasteiger partial charge in [0.15, 0.2) is 0 Å². The third-order valence-corrected chi connectivity index (χ3v) is 5.18. The minimum absolute atomic E-state index is 0.568. The third-order valence-electron chi connectivity index (χ3n) is 4.99. The molecule has 2 bridgehead atoms. The number of halogens is 1. The molecule has 0 radical (unpaired) electrons. The number of aromatic nitrogens is 2. The summed E-state index contributed by atoms with van der Waals surface area (Å²) in [6.07, 6.45) is 7.73. The summed E-state index contributed by atoms with van der Waals surface area (Å²) in [5.74, 6) is 4.66. The summed E-state index contributed by atoms with van der Waals surface area (Å²) < 4.78 is 0. The smallest absolute Gasteiger partial charge is 0.134 e. The van der Waals surface area contributed by atoms with E-state index in [1.165, 1.54) is 25.7 Å². The zero-order valence-corrected chi connectivity index (χ0v) is 13.2. The van der Waals surface area contributed by atoms with E-state index in [-0.39, 0.29) is 0 Å². The number of hydrogen-bond donors (Lipinski definition) is 0. The van der Waals surface area contributed by atoms with Gasteiger partial charge in [0.25, 0.3) is 0 Å². The number of hydrogen-bond acceptors (Lipinski definition) is 3. The Kier molecular flexibility index (Phi) is 4.16. The molecule has 0 spiro atoms. The van der Waals surface area contributed by atoms with Crippen LogP contribution in [-0.2, 0) is 6.42 Å². The second kappa shape index (κ2) is 5.88. The van der Waals surface area contributed by atoms with Crippen LogP contribution in [0.5, 0.6) is 0 Å². The summed E-state index contributed by atoms with van der Waals surface area (Å²) in [4.78, 5) is 11.2. The van der Waals surface area contributed by atoms with E-state index in [4.69, 9.17) is 11.6 Å². The summed E-state index contributed by atoms with van der Waals surface area (Å²) in [7, 11) is 2.14. The largest absolute Gasteiger partial charge is 0.359 e. The summed E-state index contributed by atoms with van der Waals surface area (Å²) in [6, 6.07) is 1.90. The molecule has 0 aromatic carbocycles. The Morgan fingerprint density at radius 1 is 1.30 bits per heavy atom. The highest BCUT2D eigenvalue weighted by molar-refractivity contribution is 6.29. The number of rotatable bonds is 5. The van der Waals surface area contributed by atoms with Gasteiger partial charge in [0, 0.05) is 26.1 Å². The van der Waals surface area contributed by atoms with Crippen LogP contribution >= 0.6 is 11.6 Å². The molecule has 1 heterocycles. The van der Waals surface area contributed by atoms with Crippen LogP contribution in [0.2, 0.25) is 5.15 Å². The van der Waals surface area contributed by atoms with Crippen LogP contribution in [-0.4, -0.2) is 23.6 Å². The minimum Gasteiger partial charge on any atom is -0.359 e. The van der Waals surface area contributed by atoms with Gasteiger partial charge in [-0.15, -0.1) is 0 Å². The highest BCUT2D eigenvalue weighted by Crippen LogP contribution is 2.48. The lowest BCUT2D eigenvalue weighted by molar-refractivity contribution is 0.337. The highest BCUT2D eigenvalue weighted by atomic mass is 35.5. The second-order valence-electron chi connectivity index (χ2n) is 6.53. The average Bonchev–Trinajstić information content (AvgIpc) is 3.00. The first-order valence-corrected chi connectivity index (χ1v) is 8.28. The summed E-state index contributed by atoms with van der Waals surface area (Å²) in [5.41, 5.74) is 0. The molecule has 3 unspecified atom stereocenters. The predicted octanol–water partition coefficient (Wildman–Crippen LogP) is 3.95. The van der Waals surface area contributed by atoms with Crippen molar-refractivity contribution in [3.63, 3.8) is 0 Å². The molecule has 1 aromatic rings. The predicted molar refractivity (Wildman–Crippen MR) is 83.2 cm³/mol. The lowest BCUT2D eigenvalue weighted by Gasteiger charge is -2.28. The van der Waals surface area contributed by atoms with Gasteiger partial charge in [-0.2, -0.15) is 0 Å². The van der Waals surface area contributed by atoms with E-state index in [0.717, 1.165) is 48.8 Å². The van der Waals surface area contributed by atoms with Crippen LogP contribution in [0.25, 0.3) is 0 Å². The van der Waals surface area contributed by atoms with E-state index < -0.39 is 0 Å². The van der Waals surface area contributed by atoms with Gasteiger partial charge >= 0.3 is 0 Å². The average molecular weight is 294 g/mol. The third kappa shape index (κ3) is 2.93. The molecule has 0 saturated heterocycles. The van der Waals surface area contributed by atoms with Crippen LogP contribution in [0.15, 0.2) is 6.07 Å². The normalized spacial score (nSPS) is 28.1. The van der Waals surface area contributed by atoms with Gasteiger partial charge in [-0.05, 0) is 43.4 Å². The van der Waals surface area contributed by atoms with E-state index in [0.29, 0.717) is 5.15 Å². The fourth-order valence-corrected chi connectivity index (χ4v) is 4.22. The molecule has 4 heteroatoms. The van der Waals surface area contributed by atoms with Crippen LogP contribution in [0.4, 0.5) is 5.82 Å². The highest BCUT2D eigenvalue weighted by Gasteiger charge is 2.39. The summed E-state index contributed by atoms with van der Waals surface area (Å²) in [5, 5.41) is 0.568. The molecule has 2 aliphatic carbocycles. The van der Waals surface area contributed by atoms with Gasteiger partial charge in [0.1, 0.15) is 16.8 Å². The Morgan fingerprint density at radius 2 is 2.15 bits per heavy atom. The molecule has 2 saturated carbocycles. The first-order valence-electron chi connectivity index (χ1n) is 7.90. The quantitative estimate of drug-likeness (QED) is 0.770. The van der Waals surface area contributed by atoms with Crippen molar-refractivity contribution in [2.24, 2.45) is 17.8 Å². The number of nitrogens with zero attached hydrogens (tertiary/aromatic N) is 3. The Balaban J connectivity index is 1.68. The van der Waals surface area contributed by atoms with Crippen LogP contribution in [0, 0.1) is 17.8 Å². The van der Waals surface area contributed by atoms with Crippen molar-refractivity contribution < 1.29 is 0 Å². The maximum Gasteiger partial charge on any atom is 0.134 e. The Morgan fingerprint density at radius 3 is 2.80 bits per heavy atom. The lowest BCUT2D eigenvalue weighted by Crippen LogP contribution is -2.29. The fraction of sp³-hybridized carbons (Fsp3) is 0.750. The zero-order chi connectivity index (χ0) is 14.1. The first kappa shape index (κ1) is 14.1. The maximum atomic E-state index is 6.13. The standard InChI is InChI=1S/C16H24ClN3/c1-3-4-15-18-14(17)9-16(19-15)20(2)10-13-8-11-5-6-12(13)7-11/h9,11-13H,3-8,10H2,1-2H3. The molecule has 0 aliphatic heterocycles. The van der Waals surface area contributed by atoms with Gasteiger partial charge in [0.05, 0.1) is 0 Å². The lowest BCUT2D eigenvalue weighted by atomic mass is 9.88. The molecule has 2 fully saturated rings. The Bertz CT molecular complexity index is 477. The van der Waals surface area contributed by atoms with Crippen molar-refractivity contribution in [1.29, 1.82) is 0 Å². The van der Waals surface area contributed by atoms with E-state index in [1.54, 1.807) is 0 Å². The van der Waals surface area contributed by atoms with Crippen LogP contribution in [0.1, 0.15) is 44.9 Å². The molecular weight excluding hydrogens is 270 g/mol. The molecule has 3 atom stereocenters. The zero-order valence-electron chi connectivity index (χ0n) is 12.5. The van der Waals surface area contributed by atoms with E-state index in [1.807, 2.05) is 6.07 Å². The van der Waals surface area contributed by atoms with E-state index >= 15 is 0 Å². The number of aryl methyl sites for hydroxylation is 1. The first-order chi connectivity index (χ1) is 9.65. The maximum absolute atomic E-state index is 6.13. The van der Waals surface area contributed by atoms with Gasteiger partial charge in [0.2, 0.25) is 0 Å². The molecule has 0 N–H and O–H groups in total. The van der Waals surface area contributed by atoms with Crippen molar-refractivity contribution >= 4 is 17.4 Å². The molecule has 3 rings (SSSR count). The number of anilines is 1. The van der Waals surface area contributed by atoms with Crippen LogP contribution in [0.3, 0.4) is 0 Å². The fourth-order valence-electron chi connectivity index (χ4n) is 4.03. The topological polar surface area (TPSA) is 29.0 Å². The molecule has 2 aliphatic rings. The van der Waals surface area contributed by atoms with Crippen molar-refractivity contribution in [2.45, 2.75) is 45.4 Å². The van der Waals surface area contributed by atoms with Crippen LogP contribution < -0.4 is 4.90 Å².